The molecule has 0 amide bonds. The number of nitrogens with zero attached hydrogens (tertiary/aromatic N) is 1. The van der Waals surface area contributed by atoms with Crippen molar-refractivity contribution in [1.82, 2.24) is 10.7 Å². The third-order valence-corrected chi connectivity index (χ3v) is 4.28. The van der Waals surface area contributed by atoms with E-state index >= 15 is 0 Å². The van der Waals surface area contributed by atoms with Gasteiger partial charge in [-0.25, -0.2) is 0 Å². The van der Waals surface area contributed by atoms with Crippen molar-refractivity contribution < 1.29 is 14.2 Å². The van der Waals surface area contributed by atoms with E-state index in [0.717, 1.165) is 11.1 Å². The molecule has 0 spiro atoms. The van der Waals surface area contributed by atoms with Crippen LogP contribution < -0.4 is 20.2 Å². The number of halogens is 1. The summed E-state index contributed by atoms with van der Waals surface area (Å²) >= 11 is 11.3. The lowest BCUT2D eigenvalue weighted by Gasteiger charge is -2.14. The van der Waals surface area contributed by atoms with Crippen LogP contribution in [0.5, 0.6) is 11.5 Å². The third kappa shape index (κ3) is 6.99. The Morgan fingerprint density at radius 1 is 1.21 bits per heavy atom. The maximum absolute atomic E-state index is 6.16. The molecule has 0 aliphatic heterocycles. The molecule has 0 aromatic heterocycles. The first-order valence-electron chi connectivity index (χ1n) is 8.66. The molecule has 150 valence electrons. The van der Waals surface area contributed by atoms with E-state index in [1.807, 2.05) is 49.4 Å². The molecule has 0 unspecified atom stereocenters. The van der Waals surface area contributed by atoms with Crippen LogP contribution in [0.1, 0.15) is 18.1 Å². The highest BCUT2D eigenvalue weighted by molar-refractivity contribution is 7.80. The van der Waals surface area contributed by atoms with Gasteiger partial charge in [-0.05, 0) is 49.0 Å². The first-order chi connectivity index (χ1) is 13.5. The van der Waals surface area contributed by atoms with E-state index < -0.39 is 0 Å². The Balaban J connectivity index is 1.94. The van der Waals surface area contributed by atoms with Crippen LogP contribution in [-0.2, 0) is 11.3 Å². The lowest BCUT2D eigenvalue weighted by Crippen LogP contribution is -2.40. The molecule has 6 nitrogen and oxygen atoms in total. The molecule has 28 heavy (non-hydrogen) atoms. The van der Waals surface area contributed by atoms with Crippen LogP contribution in [0.3, 0.4) is 0 Å². The van der Waals surface area contributed by atoms with Gasteiger partial charge in [-0.2, -0.15) is 5.10 Å². The SMILES string of the molecule is COC[C@@H](C)NC(=S)N/N=C\c1ccc(OCc2ccccc2Cl)c(OC)c1. The summed E-state index contributed by atoms with van der Waals surface area (Å²) in [6, 6.07) is 13.2. The van der Waals surface area contributed by atoms with Crippen LogP contribution in [0, 0.1) is 0 Å². The second kappa shape index (κ2) is 11.5. The average molecular weight is 422 g/mol. The van der Waals surface area contributed by atoms with Gasteiger partial charge in [0.25, 0.3) is 0 Å². The molecule has 2 aromatic carbocycles. The van der Waals surface area contributed by atoms with Crippen molar-refractivity contribution in [3.05, 3.63) is 58.6 Å². The Labute approximate surface area is 175 Å². The number of hydrogen-bond donors (Lipinski definition) is 2. The zero-order valence-corrected chi connectivity index (χ0v) is 17.6. The molecule has 0 bridgehead atoms. The smallest absolute Gasteiger partial charge is 0.187 e. The van der Waals surface area contributed by atoms with E-state index in [1.54, 1.807) is 20.4 Å². The first-order valence-corrected chi connectivity index (χ1v) is 9.45. The predicted molar refractivity (Wildman–Crippen MR) is 117 cm³/mol. The van der Waals surface area contributed by atoms with E-state index in [-0.39, 0.29) is 6.04 Å². The lowest BCUT2D eigenvalue weighted by molar-refractivity contribution is 0.179. The summed E-state index contributed by atoms with van der Waals surface area (Å²) in [7, 11) is 3.23. The number of thiocarbonyl (C=S) groups is 1. The average Bonchev–Trinajstić information content (AvgIpc) is 2.68. The third-order valence-electron chi connectivity index (χ3n) is 3.70. The maximum Gasteiger partial charge on any atom is 0.187 e. The Kier molecular flexibility index (Phi) is 9.00. The van der Waals surface area contributed by atoms with Crippen LogP contribution in [0.4, 0.5) is 0 Å². The summed E-state index contributed by atoms with van der Waals surface area (Å²) in [5.74, 6) is 1.23. The van der Waals surface area contributed by atoms with Gasteiger partial charge in [0.15, 0.2) is 16.6 Å². The summed E-state index contributed by atoms with van der Waals surface area (Å²) in [4.78, 5) is 0. The van der Waals surface area contributed by atoms with Crippen LogP contribution >= 0.6 is 23.8 Å². The monoisotopic (exact) mass is 421 g/mol. The zero-order chi connectivity index (χ0) is 20.4. The van der Waals surface area contributed by atoms with E-state index in [0.29, 0.717) is 34.8 Å². The molecule has 8 heteroatoms. The van der Waals surface area contributed by atoms with Crippen molar-refractivity contribution in [2.45, 2.75) is 19.6 Å². The lowest BCUT2D eigenvalue weighted by atomic mass is 10.2. The topological polar surface area (TPSA) is 64.1 Å². The molecule has 2 aromatic rings. The predicted octanol–water partition coefficient (Wildman–Crippen LogP) is 3.76. The van der Waals surface area contributed by atoms with Gasteiger partial charge in [-0.3, -0.25) is 5.43 Å². The number of hydrazone groups is 1. The van der Waals surface area contributed by atoms with E-state index in [4.69, 9.17) is 38.0 Å². The fourth-order valence-electron chi connectivity index (χ4n) is 2.37. The maximum atomic E-state index is 6.16. The number of hydrogen-bond acceptors (Lipinski definition) is 5. The van der Waals surface area contributed by atoms with Gasteiger partial charge >= 0.3 is 0 Å². The fraction of sp³-hybridized carbons (Fsp3) is 0.300. The number of ether oxygens (including phenoxy) is 3. The van der Waals surface area contributed by atoms with Crippen molar-refractivity contribution in [2.24, 2.45) is 5.10 Å². The Morgan fingerprint density at radius 2 is 2.00 bits per heavy atom. The van der Waals surface area contributed by atoms with Crippen LogP contribution in [0.15, 0.2) is 47.6 Å². The Morgan fingerprint density at radius 3 is 2.71 bits per heavy atom. The fourth-order valence-corrected chi connectivity index (χ4v) is 2.81. The van der Waals surface area contributed by atoms with Gasteiger partial charge in [0, 0.05) is 23.7 Å². The summed E-state index contributed by atoms with van der Waals surface area (Å²) in [5, 5.41) is 8.28. The van der Waals surface area contributed by atoms with Crippen molar-refractivity contribution in [1.29, 1.82) is 0 Å². The van der Waals surface area contributed by atoms with Gasteiger partial charge in [0.1, 0.15) is 6.61 Å². The summed E-state index contributed by atoms with van der Waals surface area (Å²) < 4.78 is 16.3. The van der Waals surface area contributed by atoms with Gasteiger partial charge < -0.3 is 19.5 Å². The molecule has 0 aliphatic carbocycles. The standard InChI is InChI=1S/C20H24ClN3O3S/c1-14(12-25-2)23-20(28)24-22-11-15-8-9-18(19(10-15)26-3)27-13-16-6-4-5-7-17(16)21/h4-11,14H,12-13H2,1-3H3,(H2,23,24,28)/b22-11-/t14-/m1/s1. The number of nitrogens with one attached hydrogen (secondary N) is 2. The van der Waals surface area contributed by atoms with Gasteiger partial charge in [0.2, 0.25) is 0 Å². The highest BCUT2D eigenvalue weighted by Gasteiger charge is 2.07. The summed E-state index contributed by atoms with van der Waals surface area (Å²) in [5.41, 5.74) is 4.52. The molecule has 0 heterocycles. The molecular weight excluding hydrogens is 398 g/mol. The highest BCUT2D eigenvalue weighted by Crippen LogP contribution is 2.29. The molecule has 0 saturated heterocycles. The van der Waals surface area contributed by atoms with Gasteiger partial charge in [-0.15, -0.1) is 0 Å². The zero-order valence-electron chi connectivity index (χ0n) is 16.1. The molecule has 0 aliphatic rings. The van der Waals surface area contributed by atoms with Crippen LogP contribution in [-0.4, -0.2) is 38.2 Å². The molecule has 0 radical (unpaired) electrons. The second-order valence-corrected chi connectivity index (χ2v) is 6.81. The summed E-state index contributed by atoms with van der Waals surface area (Å²) in [6.45, 7) is 2.87. The molecule has 1 atom stereocenters. The number of rotatable bonds is 9. The van der Waals surface area contributed by atoms with Gasteiger partial charge in [-0.1, -0.05) is 29.8 Å². The van der Waals surface area contributed by atoms with E-state index in [1.165, 1.54) is 0 Å². The number of methoxy groups -OCH3 is 2. The Bertz CT molecular complexity index is 817. The van der Waals surface area contributed by atoms with Crippen LogP contribution in [0.2, 0.25) is 5.02 Å². The highest BCUT2D eigenvalue weighted by atomic mass is 35.5. The van der Waals surface area contributed by atoms with E-state index in [9.17, 15) is 0 Å². The Hall–Kier alpha value is -2.35. The van der Waals surface area contributed by atoms with Crippen molar-refractivity contribution in [3.63, 3.8) is 0 Å². The largest absolute Gasteiger partial charge is 0.493 e. The minimum absolute atomic E-state index is 0.0924. The molecular formula is C20H24ClN3O3S. The van der Waals surface area contributed by atoms with Crippen molar-refractivity contribution in [2.75, 3.05) is 20.8 Å². The molecule has 2 N–H and O–H groups in total. The molecule has 2 rings (SSSR count). The minimum atomic E-state index is 0.0924. The van der Waals surface area contributed by atoms with Crippen LogP contribution in [0.25, 0.3) is 0 Å². The van der Waals surface area contributed by atoms with Crippen molar-refractivity contribution in [3.8, 4) is 11.5 Å². The second-order valence-electron chi connectivity index (χ2n) is 5.99. The summed E-state index contributed by atoms with van der Waals surface area (Å²) in [6.07, 6.45) is 1.65. The van der Waals surface area contributed by atoms with E-state index in [2.05, 4.69) is 15.8 Å². The first kappa shape index (κ1) is 21.9. The quantitative estimate of drug-likeness (QED) is 0.365. The normalized spacial score (nSPS) is 11.9. The molecule has 0 saturated carbocycles. The molecule has 0 fully saturated rings. The van der Waals surface area contributed by atoms with Gasteiger partial charge in [0.05, 0.1) is 19.9 Å². The van der Waals surface area contributed by atoms with Crippen molar-refractivity contribution >= 4 is 35.1 Å². The minimum Gasteiger partial charge on any atom is -0.493 e. The number of benzene rings is 2.